The molecule has 22 heavy (non-hydrogen) atoms. The Morgan fingerprint density at radius 2 is 2.27 bits per heavy atom. The lowest BCUT2D eigenvalue weighted by atomic mass is 9.71. The third kappa shape index (κ3) is 2.23. The SMILES string of the molecule is CC[C@@]1(C(=O)NCc2csc3c2CCCC3)C[C@@H]2CC[C@H]1N2. The molecular weight excluding hydrogens is 292 g/mol. The van der Waals surface area contributed by atoms with E-state index >= 15 is 0 Å². The second-order valence-electron chi connectivity index (χ2n) is 7.26. The van der Waals surface area contributed by atoms with Crippen LogP contribution in [-0.4, -0.2) is 18.0 Å². The van der Waals surface area contributed by atoms with Crippen LogP contribution in [0.5, 0.6) is 0 Å². The maximum Gasteiger partial charge on any atom is 0.228 e. The van der Waals surface area contributed by atoms with Crippen molar-refractivity contribution >= 4 is 17.2 Å². The lowest BCUT2D eigenvalue weighted by Gasteiger charge is -2.34. The van der Waals surface area contributed by atoms with Crippen molar-refractivity contribution in [2.75, 3.05) is 0 Å². The zero-order valence-electron chi connectivity index (χ0n) is 13.4. The van der Waals surface area contributed by atoms with Crippen LogP contribution in [-0.2, 0) is 24.2 Å². The zero-order chi connectivity index (χ0) is 15.2. The predicted octanol–water partition coefficient (Wildman–Crippen LogP) is 3.16. The highest BCUT2D eigenvalue weighted by Gasteiger charge is 2.54. The van der Waals surface area contributed by atoms with Crippen molar-refractivity contribution < 1.29 is 4.79 Å². The Hall–Kier alpha value is -0.870. The van der Waals surface area contributed by atoms with Gasteiger partial charge in [0.2, 0.25) is 5.91 Å². The maximum absolute atomic E-state index is 12.9. The van der Waals surface area contributed by atoms with E-state index in [1.54, 1.807) is 4.88 Å². The fraction of sp³-hybridized carbons (Fsp3) is 0.722. The van der Waals surface area contributed by atoms with E-state index in [0.717, 1.165) is 19.4 Å². The Morgan fingerprint density at radius 3 is 3.00 bits per heavy atom. The summed E-state index contributed by atoms with van der Waals surface area (Å²) in [7, 11) is 0. The second kappa shape index (κ2) is 5.64. The van der Waals surface area contributed by atoms with E-state index < -0.39 is 0 Å². The molecular formula is C18H26N2OS. The molecule has 1 aromatic heterocycles. The number of aryl methyl sites for hydroxylation is 1. The smallest absolute Gasteiger partial charge is 0.228 e. The molecule has 2 N–H and O–H groups in total. The fourth-order valence-electron chi connectivity index (χ4n) is 4.86. The van der Waals surface area contributed by atoms with Crippen molar-refractivity contribution in [1.29, 1.82) is 0 Å². The summed E-state index contributed by atoms with van der Waals surface area (Å²) in [4.78, 5) is 14.5. The summed E-state index contributed by atoms with van der Waals surface area (Å²) in [5.41, 5.74) is 2.75. The van der Waals surface area contributed by atoms with Gasteiger partial charge in [-0.2, -0.15) is 0 Å². The average molecular weight is 318 g/mol. The van der Waals surface area contributed by atoms with Gasteiger partial charge in [0.25, 0.3) is 0 Å². The molecule has 1 aliphatic carbocycles. The molecule has 0 aromatic carbocycles. The molecule has 2 saturated heterocycles. The molecule has 2 fully saturated rings. The minimum Gasteiger partial charge on any atom is -0.351 e. The number of thiophene rings is 1. The molecule has 0 spiro atoms. The van der Waals surface area contributed by atoms with Crippen molar-refractivity contribution in [1.82, 2.24) is 10.6 Å². The first-order chi connectivity index (χ1) is 10.7. The molecule has 3 atom stereocenters. The van der Waals surface area contributed by atoms with Crippen molar-refractivity contribution in [3.8, 4) is 0 Å². The molecule has 0 radical (unpaired) electrons. The fourth-order valence-corrected chi connectivity index (χ4v) is 6.01. The van der Waals surface area contributed by atoms with E-state index in [0.29, 0.717) is 12.1 Å². The first-order valence-electron chi connectivity index (χ1n) is 8.85. The zero-order valence-corrected chi connectivity index (χ0v) is 14.2. The Kier molecular flexibility index (Phi) is 3.77. The van der Waals surface area contributed by atoms with Gasteiger partial charge in [0, 0.05) is 23.5 Å². The first kappa shape index (κ1) is 14.7. The Bertz CT molecular complexity index is 582. The van der Waals surface area contributed by atoms with Gasteiger partial charge in [0.15, 0.2) is 0 Å². The van der Waals surface area contributed by atoms with Crippen molar-refractivity contribution in [3.05, 3.63) is 21.4 Å². The minimum absolute atomic E-state index is 0.154. The molecule has 120 valence electrons. The third-order valence-electron chi connectivity index (χ3n) is 6.19. The topological polar surface area (TPSA) is 41.1 Å². The molecule has 1 amide bonds. The molecule has 0 saturated carbocycles. The summed E-state index contributed by atoms with van der Waals surface area (Å²) < 4.78 is 0. The van der Waals surface area contributed by atoms with Crippen molar-refractivity contribution in [3.63, 3.8) is 0 Å². The number of fused-ring (bicyclic) bond motifs is 3. The molecule has 0 unspecified atom stereocenters. The molecule has 4 rings (SSSR count). The number of hydrogen-bond acceptors (Lipinski definition) is 3. The highest BCUT2D eigenvalue weighted by Crippen LogP contribution is 2.46. The number of nitrogens with one attached hydrogen (secondary N) is 2. The Morgan fingerprint density at radius 1 is 1.41 bits per heavy atom. The van der Waals surface area contributed by atoms with E-state index in [4.69, 9.17) is 0 Å². The van der Waals surface area contributed by atoms with Crippen LogP contribution in [0.25, 0.3) is 0 Å². The predicted molar refractivity (Wildman–Crippen MR) is 90.1 cm³/mol. The van der Waals surface area contributed by atoms with Crippen LogP contribution < -0.4 is 10.6 Å². The van der Waals surface area contributed by atoms with Crippen LogP contribution in [0, 0.1) is 5.41 Å². The van der Waals surface area contributed by atoms with E-state index in [-0.39, 0.29) is 11.3 Å². The van der Waals surface area contributed by atoms with E-state index in [2.05, 4.69) is 22.9 Å². The quantitative estimate of drug-likeness (QED) is 0.895. The van der Waals surface area contributed by atoms with Crippen molar-refractivity contribution in [2.45, 2.75) is 76.9 Å². The number of rotatable bonds is 4. The van der Waals surface area contributed by atoms with Crippen LogP contribution >= 0.6 is 11.3 Å². The van der Waals surface area contributed by atoms with Gasteiger partial charge in [-0.3, -0.25) is 4.79 Å². The van der Waals surface area contributed by atoms with Gasteiger partial charge >= 0.3 is 0 Å². The normalized spacial score (nSPS) is 33.0. The molecule has 4 heteroatoms. The van der Waals surface area contributed by atoms with Crippen LogP contribution in [0.15, 0.2) is 5.38 Å². The molecule has 3 heterocycles. The largest absolute Gasteiger partial charge is 0.351 e. The summed E-state index contributed by atoms with van der Waals surface area (Å²) in [5, 5.41) is 9.19. The van der Waals surface area contributed by atoms with Gasteiger partial charge in [0.05, 0.1) is 5.41 Å². The lowest BCUT2D eigenvalue weighted by Crippen LogP contribution is -2.48. The Labute approximate surface area is 136 Å². The first-order valence-corrected chi connectivity index (χ1v) is 9.73. The van der Waals surface area contributed by atoms with Gasteiger partial charge in [-0.25, -0.2) is 0 Å². The molecule has 2 aliphatic heterocycles. The number of carbonyl (C=O) groups is 1. The van der Waals surface area contributed by atoms with E-state index in [9.17, 15) is 4.79 Å². The van der Waals surface area contributed by atoms with E-state index in [1.807, 2.05) is 11.3 Å². The molecule has 2 bridgehead atoms. The maximum atomic E-state index is 12.9. The number of hydrogen-bond donors (Lipinski definition) is 2. The molecule has 3 nitrogen and oxygen atoms in total. The van der Waals surface area contributed by atoms with E-state index in [1.165, 1.54) is 49.7 Å². The minimum atomic E-state index is -0.154. The number of amides is 1. The van der Waals surface area contributed by atoms with Gasteiger partial charge in [-0.1, -0.05) is 6.92 Å². The Balaban J connectivity index is 1.45. The summed E-state index contributed by atoms with van der Waals surface area (Å²) in [5.74, 6) is 0.283. The highest BCUT2D eigenvalue weighted by atomic mass is 32.1. The van der Waals surface area contributed by atoms with Crippen LogP contribution in [0.1, 0.15) is 61.5 Å². The summed E-state index contributed by atoms with van der Waals surface area (Å²) >= 11 is 1.89. The van der Waals surface area contributed by atoms with Gasteiger partial charge < -0.3 is 10.6 Å². The number of carbonyl (C=O) groups excluding carboxylic acids is 1. The standard InChI is InChI=1S/C18H26N2OS/c1-2-18(9-13-7-8-16(18)20-13)17(21)19-10-12-11-22-15-6-4-3-5-14(12)15/h11,13,16,20H,2-10H2,1H3,(H,19,21)/t13-,16+,18+/m0/s1. The monoisotopic (exact) mass is 318 g/mol. The molecule has 1 aromatic rings. The summed E-state index contributed by atoms with van der Waals surface area (Å²) in [6, 6.07) is 0.975. The van der Waals surface area contributed by atoms with Crippen LogP contribution in [0.3, 0.4) is 0 Å². The van der Waals surface area contributed by atoms with Crippen LogP contribution in [0.2, 0.25) is 0 Å². The third-order valence-corrected chi connectivity index (χ3v) is 7.33. The second-order valence-corrected chi connectivity index (χ2v) is 8.22. The van der Waals surface area contributed by atoms with Gasteiger partial charge in [0.1, 0.15) is 0 Å². The average Bonchev–Trinajstić information content (AvgIpc) is 3.26. The van der Waals surface area contributed by atoms with Crippen molar-refractivity contribution in [2.24, 2.45) is 5.41 Å². The lowest BCUT2D eigenvalue weighted by molar-refractivity contribution is -0.132. The highest BCUT2D eigenvalue weighted by molar-refractivity contribution is 7.10. The van der Waals surface area contributed by atoms with Gasteiger partial charge in [-0.05, 0) is 67.9 Å². The molecule has 3 aliphatic rings. The summed E-state index contributed by atoms with van der Waals surface area (Å²) in [6.07, 6.45) is 9.47. The summed E-state index contributed by atoms with van der Waals surface area (Å²) in [6.45, 7) is 2.90. The van der Waals surface area contributed by atoms with Gasteiger partial charge in [-0.15, -0.1) is 11.3 Å². The van der Waals surface area contributed by atoms with Crippen LogP contribution in [0.4, 0.5) is 0 Å².